The van der Waals surface area contributed by atoms with Gasteiger partial charge in [-0.15, -0.1) is 0 Å². The molecule has 132 valence electrons. The number of anilines is 3. The van der Waals surface area contributed by atoms with Crippen molar-refractivity contribution in [1.82, 2.24) is 10.3 Å². The Morgan fingerprint density at radius 1 is 1.31 bits per heavy atom. The summed E-state index contributed by atoms with van der Waals surface area (Å²) in [5.74, 6) is 0.538. The van der Waals surface area contributed by atoms with E-state index >= 15 is 0 Å². The number of nitriles is 1. The van der Waals surface area contributed by atoms with Crippen LogP contribution in [0.3, 0.4) is 0 Å². The summed E-state index contributed by atoms with van der Waals surface area (Å²) in [6.45, 7) is 4.55. The fraction of sp³-hybridized carbons (Fsp3) is 0.400. The molecule has 2 atom stereocenters. The Labute approximate surface area is 152 Å². The van der Waals surface area contributed by atoms with Crippen LogP contribution in [0.15, 0.2) is 30.5 Å². The molecule has 26 heavy (non-hydrogen) atoms. The molecule has 0 amide bonds. The largest absolute Gasteiger partial charge is 0.375 e. The highest BCUT2D eigenvalue weighted by molar-refractivity contribution is 5.74. The van der Waals surface area contributed by atoms with Gasteiger partial charge in [-0.2, -0.15) is 5.26 Å². The van der Waals surface area contributed by atoms with Gasteiger partial charge in [0.05, 0.1) is 25.1 Å². The molecule has 2 aromatic rings. The second-order valence-electron chi connectivity index (χ2n) is 7.15. The number of hydrogen-bond donors (Lipinski definition) is 2. The molecule has 1 aromatic heterocycles. The van der Waals surface area contributed by atoms with E-state index in [1.165, 1.54) is 23.2 Å². The van der Waals surface area contributed by atoms with Gasteiger partial charge in [0.2, 0.25) is 0 Å². The maximum absolute atomic E-state index is 8.90. The van der Waals surface area contributed by atoms with E-state index in [4.69, 9.17) is 10.00 Å². The molecule has 0 aliphatic carbocycles. The predicted molar refractivity (Wildman–Crippen MR) is 99.7 cm³/mol. The molecule has 2 N–H and O–H groups in total. The minimum atomic E-state index is 0.427. The Bertz CT molecular complexity index is 873. The van der Waals surface area contributed by atoms with Crippen molar-refractivity contribution < 1.29 is 4.74 Å². The summed E-state index contributed by atoms with van der Waals surface area (Å²) < 4.78 is 5.86. The smallest absolute Gasteiger partial charge is 0.140 e. The van der Waals surface area contributed by atoms with E-state index in [2.05, 4.69) is 38.7 Å². The highest BCUT2D eigenvalue weighted by Crippen LogP contribution is 2.47. The number of benzene rings is 1. The van der Waals surface area contributed by atoms with E-state index in [9.17, 15) is 0 Å². The van der Waals surface area contributed by atoms with E-state index < -0.39 is 0 Å². The first-order valence-corrected chi connectivity index (χ1v) is 9.18. The number of nitrogens with one attached hydrogen (secondary N) is 2. The summed E-state index contributed by atoms with van der Waals surface area (Å²) in [7, 11) is 0. The molecule has 3 aliphatic heterocycles. The lowest BCUT2D eigenvalue weighted by molar-refractivity contribution is 0.130. The van der Waals surface area contributed by atoms with Crippen LogP contribution in [0.2, 0.25) is 0 Å². The zero-order chi connectivity index (χ0) is 17.5. The number of nitrogens with zero attached hydrogens (tertiary/aromatic N) is 3. The maximum atomic E-state index is 8.90. The van der Waals surface area contributed by atoms with Gasteiger partial charge in [0.25, 0.3) is 0 Å². The lowest BCUT2D eigenvalue weighted by atomic mass is 9.89. The third-order valence-electron chi connectivity index (χ3n) is 5.65. The van der Waals surface area contributed by atoms with Crippen molar-refractivity contribution in [2.75, 3.05) is 36.5 Å². The van der Waals surface area contributed by atoms with Gasteiger partial charge in [0, 0.05) is 42.0 Å². The second kappa shape index (κ2) is 6.27. The number of piperidine rings is 1. The minimum Gasteiger partial charge on any atom is -0.375 e. The van der Waals surface area contributed by atoms with E-state index in [0.717, 1.165) is 37.6 Å². The SMILES string of the molecule is N#Cc1ccc(Nc2cc3c4c(c2)[C@@H]2CNCC[C@@H]2N4CCOC3)cn1. The minimum absolute atomic E-state index is 0.427. The van der Waals surface area contributed by atoms with Crippen LogP contribution in [0.4, 0.5) is 17.1 Å². The van der Waals surface area contributed by atoms with Crippen LogP contribution >= 0.6 is 0 Å². The Morgan fingerprint density at radius 3 is 3.12 bits per heavy atom. The monoisotopic (exact) mass is 347 g/mol. The zero-order valence-electron chi connectivity index (χ0n) is 14.5. The Morgan fingerprint density at radius 2 is 2.27 bits per heavy atom. The summed E-state index contributed by atoms with van der Waals surface area (Å²) in [6, 6.07) is 10.7. The third-order valence-corrected chi connectivity index (χ3v) is 5.65. The van der Waals surface area contributed by atoms with E-state index in [-0.39, 0.29) is 0 Å². The average Bonchev–Trinajstić information content (AvgIpc) is 2.84. The van der Waals surface area contributed by atoms with Crippen LogP contribution in [0.5, 0.6) is 0 Å². The fourth-order valence-electron chi connectivity index (χ4n) is 4.56. The lowest BCUT2D eigenvalue weighted by Crippen LogP contribution is -2.44. The summed E-state index contributed by atoms with van der Waals surface area (Å²) >= 11 is 0. The van der Waals surface area contributed by atoms with Crippen LogP contribution in [-0.4, -0.2) is 37.3 Å². The van der Waals surface area contributed by atoms with Gasteiger partial charge in [0.15, 0.2) is 0 Å². The first-order chi connectivity index (χ1) is 12.8. The van der Waals surface area contributed by atoms with Crippen LogP contribution in [0.1, 0.15) is 29.2 Å². The molecule has 1 saturated heterocycles. The Balaban J connectivity index is 1.53. The molecule has 1 aromatic carbocycles. The highest BCUT2D eigenvalue weighted by Gasteiger charge is 2.41. The average molecular weight is 347 g/mol. The molecule has 0 unspecified atom stereocenters. The summed E-state index contributed by atoms with van der Waals surface area (Å²) in [4.78, 5) is 6.73. The van der Waals surface area contributed by atoms with Crippen molar-refractivity contribution >= 4 is 17.1 Å². The molecule has 0 spiro atoms. The first kappa shape index (κ1) is 15.6. The van der Waals surface area contributed by atoms with E-state index in [0.29, 0.717) is 24.3 Å². The summed E-state index contributed by atoms with van der Waals surface area (Å²) in [5, 5.41) is 15.9. The van der Waals surface area contributed by atoms with Crippen molar-refractivity contribution in [2.24, 2.45) is 0 Å². The standard InChI is InChI=1S/C20H21N5O/c21-9-14-1-2-15(10-23-14)24-16-7-13-12-26-6-5-25-19-3-4-22-11-18(19)17(8-16)20(13)25/h1-2,7-8,10,18-19,22,24H,3-6,11-12H2/t18-,19-/m0/s1. The third kappa shape index (κ3) is 2.52. The van der Waals surface area contributed by atoms with Gasteiger partial charge in [-0.1, -0.05) is 0 Å². The van der Waals surface area contributed by atoms with Gasteiger partial charge in [-0.05, 0) is 42.8 Å². The van der Waals surface area contributed by atoms with Crippen molar-refractivity contribution in [2.45, 2.75) is 25.0 Å². The van der Waals surface area contributed by atoms with Crippen molar-refractivity contribution in [1.29, 1.82) is 5.26 Å². The van der Waals surface area contributed by atoms with Gasteiger partial charge in [0.1, 0.15) is 11.8 Å². The van der Waals surface area contributed by atoms with Crippen molar-refractivity contribution in [3.8, 4) is 6.07 Å². The maximum Gasteiger partial charge on any atom is 0.140 e. The summed E-state index contributed by atoms with van der Waals surface area (Å²) in [5.41, 5.74) is 6.45. The van der Waals surface area contributed by atoms with E-state index in [1.807, 2.05) is 6.07 Å². The van der Waals surface area contributed by atoms with E-state index in [1.54, 1.807) is 12.3 Å². The molecular weight excluding hydrogens is 326 g/mol. The normalized spacial score (nSPS) is 23.6. The Hall–Kier alpha value is -2.62. The number of hydrogen-bond acceptors (Lipinski definition) is 6. The second-order valence-corrected chi connectivity index (χ2v) is 7.15. The van der Waals surface area contributed by atoms with Gasteiger partial charge >= 0.3 is 0 Å². The number of aromatic nitrogens is 1. The Kier molecular flexibility index (Phi) is 3.77. The number of ether oxygens (including phenoxy) is 1. The quantitative estimate of drug-likeness (QED) is 0.870. The zero-order valence-corrected chi connectivity index (χ0v) is 14.5. The highest BCUT2D eigenvalue weighted by atomic mass is 16.5. The molecule has 0 bridgehead atoms. The summed E-state index contributed by atoms with van der Waals surface area (Å²) in [6.07, 6.45) is 2.89. The van der Waals surface area contributed by atoms with Gasteiger partial charge in [-0.25, -0.2) is 4.98 Å². The fourth-order valence-corrected chi connectivity index (χ4v) is 4.56. The van der Waals surface area contributed by atoms with Gasteiger partial charge in [-0.3, -0.25) is 0 Å². The van der Waals surface area contributed by atoms with Crippen molar-refractivity contribution in [3.05, 3.63) is 47.3 Å². The van der Waals surface area contributed by atoms with Crippen LogP contribution in [-0.2, 0) is 11.3 Å². The number of fused-ring (bicyclic) bond motifs is 3. The van der Waals surface area contributed by atoms with Gasteiger partial charge < -0.3 is 20.3 Å². The first-order valence-electron chi connectivity index (χ1n) is 9.18. The molecule has 4 heterocycles. The molecule has 5 rings (SSSR count). The predicted octanol–water partition coefficient (Wildman–Crippen LogP) is 2.49. The molecule has 0 radical (unpaired) electrons. The number of pyridine rings is 1. The van der Waals surface area contributed by atoms with Crippen LogP contribution < -0.4 is 15.5 Å². The molecule has 1 fully saturated rings. The van der Waals surface area contributed by atoms with Crippen LogP contribution in [0, 0.1) is 11.3 Å². The molecular formula is C20H21N5O. The lowest BCUT2D eigenvalue weighted by Gasteiger charge is -2.33. The molecule has 3 aliphatic rings. The van der Waals surface area contributed by atoms with Crippen LogP contribution in [0.25, 0.3) is 0 Å². The molecule has 0 saturated carbocycles. The molecule has 6 nitrogen and oxygen atoms in total. The number of rotatable bonds is 2. The molecule has 6 heteroatoms. The van der Waals surface area contributed by atoms with Crippen molar-refractivity contribution in [3.63, 3.8) is 0 Å². The topological polar surface area (TPSA) is 73.2 Å².